The number of carbonyl (C=O) groups excluding carboxylic acids is 4. The Morgan fingerprint density at radius 1 is 1.09 bits per heavy atom. The van der Waals surface area contributed by atoms with Gasteiger partial charge in [0.1, 0.15) is 5.54 Å². The predicted octanol–water partition coefficient (Wildman–Crippen LogP) is 1.72. The number of nitrogens with one attached hydrogen (secondary N) is 1. The molecule has 0 aromatic heterocycles. The fourth-order valence-electron chi connectivity index (χ4n) is 3.03. The van der Waals surface area contributed by atoms with Gasteiger partial charge in [0.25, 0.3) is 17.7 Å². The smallest absolute Gasteiger partial charge is 0.262 e. The lowest BCUT2D eigenvalue weighted by molar-refractivity contribution is -0.172. The van der Waals surface area contributed by atoms with E-state index in [1.165, 1.54) is 13.0 Å². The Morgan fingerprint density at radius 2 is 1.61 bits per heavy atom. The molecule has 0 radical (unpaired) electrons. The Labute approximate surface area is 136 Å². The van der Waals surface area contributed by atoms with Gasteiger partial charge in [0.05, 0.1) is 0 Å². The minimum Gasteiger partial charge on any atom is -0.294 e. The number of fused-ring (bicyclic) bond motifs is 2. The first-order valence-corrected chi connectivity index (χ1v) is 8.00. The lowest BCUT2D eigenvalue weighted by Crippen LogP contribution is -2.74. The molecule has 4 rings (SSSR count). The highest BCUT2D eigenvalue weighted by Crippen LogP contribution is 2.48. The third-order valence-electron chi connectivity index (χ3n) is 4.19. The zero-order valence-electron chi connectivity index (χ0n) is 14.4. The highest BCUT2D eigenvalue weighted by molar-refractivity contribution is 6.24. The van der Waals surface area contributed by atoms with Crippen LogP contribution in [0.25, 0.3) is 0 Å². The molecular weight excluding hydrogens is 296 g/mol. The van der Waals surface area contributed by atoms with Crippen LogP contribution in [-0.2, 0) is 19.2 Å². The summed E-state index contributed by atoms with van der Waals surface area (Å²) in [6.45, 7) is 13.0. The highest BCUT2D eigenvalue weighted by atomic mass is 16.2. The molecule has 1 N–H and O–H groups in total. The molecule has 126 valence electrons. The molecule has 1 aliphatic carbocycles. The fraction of sp³-hybridized carbons (Fsp3) is 0.529. The van der Waals surface area contributed by atoms with E-state index in [0.29, 0.717) is 5.57 Å². The normalized spacial score (nSPS) is 28.2. The Kier molecular flexibility index (Phi) is 5.64. The average molecular weight is 320 g/mol. The van der Waals surface area contributed by atoms with Gasteiger partial charge in [0.15, 0.2) is 0 Å². The highest BCUT2D eigenvalue weighted by Gasteiger charge is 2.65. The van der Waals surface area contributed by atoms with Crippen LogP contribution in [0.15, 0.2) is 23.8 Å². The molecule has 0 aromatic carbocycles. The van der Waals surface area contributed by atoms with E-state index < -0.39 is 23.3 Å². The molecule has 0 aromatic rings. The summed E-state index contributed by atoms with van der Waals surface area (Å²) in [6.07, 6.45) is 1.79. The van der Waals surface area contributed by atoms with Crippen LogP contribution in [0.4, 0.5) is 0 Å². The largest absolute Gasteiger partial charge is 0.294 e. The topological polar surface area (TPSA) is 83.6 Å². The zero-order chi connectivity index (χ0) is 17.9. The van der Waals surface area contributed by atoms with Crippen LogP contribution >= 0.6 is 0 Å². The number of hydrogen-bond acceptors (Lipinski definition) is 4. The lowest BCUT2D eigenvalue weighted by Gasteiger charge is -2.53. The Bertz CT molecular complexity index is 598. The molecule has 1 saturated carbocycles. The van der Waals surface area contributed by atoms with E-state index in [1.54, 1.807) is 0 Å². The van der Waals surface area contributed by atoms with Gasteiger partial charge >= 0.3 is 0 Å². The van der Waals surface area contributed by atoms with E-state index in [2.05, 4.69) is 11.9 Å². The van der Waals surface area contributed by atoms with Crippen molar-refractivity contribution in [2.45, 2.75) is 53.0 Å². The first kappa shape index (κ1) is 18.8. The van der Waals surface area contributed by atoms with Gasteiger partial charge in [-0.05, 0) is 19.8 Å². The molecular formula is C17H24N2O4. The van der Waals surface area contributed by atoms with Gasteiger partial charge in [-0.25, -0.2) is 0 Å². The summed E-state index contributed by atoms with van der Waals surface area (Å²) in [6, 6.07) is 0. The van der Waals surface area contributed by atoms with Gasteiger partial charge in [-0.15, -0.1) is 0 Å². The van der Waals surface area contributed by atoms with E-state index in [4.69, 9.17) is 0 Å². The number of amides is 4. The molecule has 4 amide bonds. The summed E-state index contributed by atoms with van der Waals surface area (Å²) in [5.74, 6) is -2.13. The standard InChI is InChI=1S/C13H12N2O4.2C2H6/c1-3-8-6(2)10(17)15(11(8)18)13-4-7(5-13)9(16)14-12(13)19;2*1-2/h3,7H,1,4-5H2,2H3,(H,14,16,19);2*1-2H3. The molecule has 3 heterocycles. The molecule has 6 nitrogen and oxygen atoms in total. The van der Waals surface area contributed by atoms with Crippen LogP contribution < -0.4 is 5.32 Å². The Morgan fingerprint density at radius 3 is 2.00 bits per heavy atom. The molecule has 4 aliphatic rings. The average Bonchev–Trinajstić information content (AvgIpc) is 2.73. The lowest BCUT2D eigenvalue weighted by atomic mass is 9.63. The van der Waals surface area contributed by atoms with Crippen molar-refractivity contribution in [1.82, 2.24) is 10.2 Å². The van der Waals surface area contributed by atoms with Crippen molar-refractivity contribution >= 4 is 23.6 Å². The SMILES string of the molecule is C=CC1=C(C)C(=O)N(C23CC(C2)C(=O)NC3=O)C1=O.CC.CC. The summed E-state index contributed by atoms with van der Waals surface area (Å²) in [4.78, 5) is 48.8. The monoisotopic (exact) mass is 320 g/mol. The predicted molar refractivity (Wildman–Crippen MR) is 86.1 cm³/mol. The molecule has 6 heteroatoms. The van der Waals surface area contributed by atoms with E-state index in [0.717, 1.165) is 4.90 Å². The molecule has 2 bridgehead atoms. The maximum Gasteiger partial charge on any atom is 0.262 e. The number of carbonyl (C=O) groups is 4. The zero-order valence-corrected chi connectivity index (χ0v) is 14.4. The number of nitrogens with zero attached hydrogens (tertiary/aromatic N) is 1. The van der Waals surface area contributed by atoms with Crippen LogP contribution in [0.1, 0.15) is 47.5 Å². The van der Waals surface area contributed by atoms with Gasteiger partial charge in [0.2, 0.25) is 5.91 Å². The minimum atomic E-state index is -1.18. The summed E-state index contributed by atoms with van der Waals surface area (Å²) in [7, 11) is 0. The summed E-state index contributed by atoms with van der Waals surface area (Å²) in [5, 5.41) is 2.22. The Hall–Kier alpha value is -2.24. The second kappa shape index (κ2) is 6.89. The fourth-order valence-corrected chi connectivity index (χ4v) is 3.03. The Balaban J connectivity index is 0.000000615. The second-order valence-corrected chi connectivity index (χ2v) is 5.14. The van der Waals surface area contributed by atoms with Crippen LogP contribution in [-0.4, -0.2) is 34.1 Å². The molecule has 3 fully saturated rings. The molecule has 2 saturated heterocycles. The van der Waals surface area contributed by atoms with Crippen LogP contribution in [0.5, 0.6) is 0 Å². The summed E-state index contributed by atoms with van der Waals surface area (Å²) >= 11 is 0. The molecule has 3 aliphatic heterocycles. The maximum atomic E-state index is 12.2. The first-order chi connectivity index (χ1) is 10.9. The van der Waals surface area contributed by atoms with Crippen molar-refractivity contribution < 1.29 is 19.2 Å². The number of hydrogen-bond donors (Lipinski definition) is 1. The molecule has 0 unspecified atom stereocenters. The van der Waals surface area contributed by atoms with Gasteiger partial charge in [0, 0.05) is 17.1 Å². The maximum absolute atomic E-state index is 12.2. The molecule has 0 spiro atoms. The summed E-state index contributed by atoms with van der Waals surface area (Å²) < 4.78 is 0. The van der Waals surface area contributed by atoms with Crippen molar-refractivity contribution in [2.75, 3.05) is 0 Å². The molecule has 23 heavy (non-hydrogen) atoms. The number of rotatable bonds is 2. The third kappa shape index (κ3) is 2.52. The first-order valence-electron chi connectivity index (χ1n) is 8.00. The van der Waals surface area contributed by atoms with E-state index in [-0.39, 0.29) is 30.2 Å². The minimum absolute atomic E-state index is 0.229. The van der Waals surface area contributed by atoms with E-state index in [9.17, 15) is 19.2 Å². The third-order valence-corrected chi connectivity index (χ3v) is 4.19. The number of piperidine rings is 2. The summed E-state index contributed by atoms with van der Waals surface area (Å²) in [5.41, 5.74) is -0.659. The van der Waals surface area contributed by atoms with Gasteiger partial charge in [-0.1, -0.05) is 40.3 Å². The van der Waals surface area contributed by atoms with E-state index >= 15 is 0 Å². The molecule has 0 atom stereocenters. The van der Waals surface area contributed by atoms with Crippen molar-refractivity contribution in [3.63, 3.8) is 0 Å². The van der Waals surface area contributed by atoms with Crippen LogP contribution in [0.2, 0.25) is 0 Å². The second-order valence-electron chi connectivity index (χ2n) is 5.14. The van der Waals surface area contributed by atoms with Crippen molar-refractivity contribution in [3.8, 4) is 0 Å². The van der Waals surface area contributed by atoms with Crippen molar-refractivity contribution in [2.24, 2.45) is 5.92 Å². The number of imide groups is 2. The van der Waals surface area contributed by atoms with Crippen LogP contribution in [0, 0.1) is 5.92 Å². The van der Waals surface area contributed by atoms with Gasteiger partial charge in [-0.2, -0.15) is 0 Å². The quantitative estimate of drug-likeness (QED) is 0.785. The van der Waals surface area contributed by atoms with Crippen LogP contribution in [0.3, 0.4) is 0 Å². The van der Waals surface area contributed by atoms with Gasteiger partial charge < -0.3 is 0 Å². The van der Waals surface area contributed by atoms with E-state index in [1.807, 2.05) is 27.7 Å². The van der Waals surface area contributed by atoms with Crippen molar-refractivity contribution in [1.29, 1.82) is 0 Å². The van der Waals surface area contributed by atoms with Gasteiger partial charge in [-0.3, -0.25) is 29.4 Å². The van der Waals surface area contributed by atoms with Crippen molar-refractivity contribution in [3.05, 3.63) is 23.8 Å².